The third kappa shape index (κ3) is 15.8. The van der Waals surface area contributed by atoms with Crippen LogP contribution in [-0.4, -0.2) is 63.4 Å². The van der Waals surface area contributed by atoms with Gasteiger partial charge in [0.25, 0.3) is 0 Å². The summed E-state index contributed by atoms with van der Waals surface area (Å²) in [7, 11) is 0. The van der Waals surface area contributed by atoms with Crippen molar-refractivity contribution in [2.75, 3.05) is 13.1 Å². The molecule has 178 valence electrons. The Hall–Kier alpha value is -2.68. The van der Waals surface area contributed by atoms with Gasteiger partial charge in [0, 0.05) is 70.8 Å². The summed E-state index contributed by atoms with van der Waals surface area (Å²) in [6.07, 6.45) is 2.95. The Kier molecular flexibility index (Phi) is 20.5. The van der Waals surface area contributed by atoms with Gasteiger partial charge in [0.05, 0.1) is 12.8 Å². The molecule has 0 saturated heterocycles. The molecule has 0 aliphatic rings. The number of phenolic OH excluding ortho intramolecular Hbond substituents is 2. The quantitative estimate of drug-likeness (QED) is 0.298. The number of carboxylic acid groups (broad SMARTS) is 2. The number of aromatic hydroxyl groups is 2. The van der Waals surface area contributed by atoms with E-state index in [0.29, 0.717) is 11.1 Å². The molecule has 9 nitrogen and oxygen atoms in total. The van der Waals surface area contributed by atoms with Crippen LogP contribution >= 0.6 is 0 Å². The Bertz CT molecular complexity index is 776. The fourth-order valence-electron chi connectivity index (χ4n) is 1.84. The molecule has 0 heterocycles. The molecule has 0 fully saturated rings. The zero-order chi connectivity index (χ0) is 20.8. The molecule has 0 bridgehead atoms. The Labute approximate surface area is 200 Å². The number of rotatable bonds is 8. The average molecular weight is 532 g/mol. The number of nitrogens with zero attached hydrogens (tertiary/aromatic N) is 2. The first kappa shape index (κ1) is 33.0. The van der Waals surface area contributed by atoms with Crippen LogP contribution in [0.4, 0.5) is 0 Å². The van der Waals surface area contributed by atoms with Crippen LogP contribution in [0.25, 0.3) is 0 Å². The van der Waals surface area contributed by atoms with Crippen LogP contribution in [0.1, 0.15) is 24.0 Å². The number of hydrogen-bond donors (Lipinski definition) is 4. The number of aliphatic carboxylic acids is 2. The van der Waals surface area contributed by atoms with E-state index in [1.165, 1.54) is 12.4 Å². The van der Waals surface area contributed by atoms with Crippen LogP contribution in [0.3, 0.4) is 0 Å². The van der Waals surface area contributed by atoms with E-state index in [1.807, 2.05) is 0 Å². The van der Waals surface area contributed by atoms with Gasteiger partial charge < -0.3 is 25.9 Å². The molecule has 0 aliphatic carbocycles. The van der Waals surface area contributed by atoms with Crippen LogP contribution in [0.15, 0.2) is 58.5 Å². The van der Waals surface area contributed by atoms with E-state index in [9.17, 15) is 19.8 Å². The van der Waals surface area contributed by atoms with Crippen LogP contribution < -0.4 is 0 Å². The van der Waals surface area contributed by atoms with Gasteiger partial charge in [-0.1, -0.05) is 24.3 Å². The number of aliphatic imine (C=N–C) groups is 2. The summed E-state index contributed by atoms with van der Waals surface area (Å²) in [6, 6.07) is 13.5. The molecule has 0 amide bonds. The van der Waals surface area contributed by atoms with E-state index in [2.05, 4.69) is 9.98 Å². The molecular weight excluding hydrogens is 507 g/mol. The SMILES string of the molecule is O.O=C(O)CCN=Cc1ccccc1O.O=C(O)CCN=Cc1ccccc1O.[Cu].[Cu]. The second-order valence-electron chi connectivity index (χ2n) is 5.48. The minimum atomic E-state index is -0.876. The summed E-state index contributed by atoms with van der Waals surface area (Å²) in [5.41, 5.74) is 1.19. The molecule has 0 aromatic heterocycles. The molecule has 2 rings (SSSR count). The first-order chi connectivity index (χ1) is 13.4. The third-order valence-electron chi connectivity index (χ3n) is 3.24. The maximum Gasteiger partial charge on any atom is 0.305 e. The summed E-state index contributed by atoms with van der Waals surface area (Å²) in [6.45, 7) is 0.452. The van der Waals surface area contributed by atoms with Gasteiger partial charge in [-0.05, 0) is 24.3 Å². The van der Waals surface area contributed by atoms with Gasteiger partial charge in [0.1, 0.15) is 11.5 Å². The molecule has 0 aliphatic heterocycles. The standard InChI is InChI=1S/2C10H11NO3.2Cu.H2O/c2*12-9-4-2-1-3-8(9)7-11-6-5-10(13)14;;;/h2*1-4,7,12H,5-6H2,(H,13,14);;;1H2. The average Bonchev–Trinajstić information content (AvgIpc) is 2.65. The third-order valence-corrected chi connectivity index (χ3v) is 3.24. The van der Waals surface area contributed by atoms with Crippen molar-refractivity contribution in [1.82, 2.24) is 0 Å². The Balaban J connectivity index is -0.000000461. The molecule has 0 spiro atoms. The number of carbonyl (C=O) groups is 2. The Morgan fingerprint density at radius 2 is 1.03 bits per heavy atom. The molecule has 31 heavy (non-hydrogen) atoms. The number of benzene rings is 2. The Morgan fingerprint density at radius 1 is 0.710 bits per heavy atom. The summed E-state index contributed by atoms with van der Waals surface area (Å²) >= 11 is 0. The first-order valence-electron chi connectivity index (χ1n) is 8.39. The summed E-state index contributed by atoms with van der Waals surface area (Å²) < 4.78 is 0. The van der Waals surface area contributed by atoms with Crippen LogP contribution in [0.5, 0.6) is 11.5 Å². The van der Waals surface area contributed by atoms with Gasteiger partial charge in [0.2, 0.25) is 0 Å². The van der Waals surface area contributed by atoms with Gasteiger partial charge in [-0.25, -0.2) is 0 Å². The molecule has 0 unspecified atom stereocenters. The fourth-order valence-corrected chi connectivity index (χ4v) is 1.84. The molecule has 2 radical (unpaired) electrons. The van der Waals surface area contributed by atoms with Crippen molar-refractivity contribution in [3.63, 3.8) is 0 Å². The maximum absolute atomic E-state index is 10.2. The molecule has 2 aromatic rings. The monoisotopic (exact) mass is 530 g/mol. The van der Waals surface area contributed by atoms with E-state index in [0.717, 1.165) is 0 Å². The summed E-state index contributed by atoms with van der Waals surface area (Å²) in [5, 5.41) is 35.3. The molecule has 0 saturated carbocycles. The minimum Gasteiger partial charge on any atom is -0.507 e. The van der Waals surface area contributed by atoms with E-state index in [4.69, 9.17) is 10.2 Å². The topological polar surface area (TPSA) is 171 Å². The Morgan fingerprint density at radius 3 is 1.32 bits per heavy atom. The summed E-state index contributed by atoms with van der Waals surface area (Å²) in [5.74, 6) is -1.46. The normalized spacial score (nSPS) is 9.55. The molecule has 11 heteroatoms. The molecular formula is C20H24Cu2N2O7. The van der Waals surface area contributed by atoms with Crippen LogP contribution in [-0.2, 0) is 43.7 Å². The second-order valence-corrected chi connectivity index (χ2v) is 5.48. The van der Waals surface area contributed by atoms with Crippen molar-refractivity contribution in [1.29, 1.82) is 0 Å². The number of carboxylic acids is 2. The van der Waals surface area contributed by atoms with Gasteiger partial charge in [-0.15, -0.1) is 0 Å². The zero-order valence-corrected chi connectivity index (χ0v) is 18.1. The minimum absolute atomic E-state index is 0. The van der Waals surface area contributed by atoms with Crippen LogP contribution in [0.2, 0.25) is 0 Å². The van der Waals surface area contributed by atoms with Gasteiger partial charge in [-0.2, -0.15) is 0 Å². The van der Waals surface area contributed by atoms with Crippen molar-refractivity contribution in [2.45, 2.75) is 12.8 Å². The van der Waals surface area contributed by atoms with Gasteiger partial charge in [0.15, 0.2) is 0 Å². The van der Waals surface area contributed by atoms with E-state index >= 15 is 0 Å². The fraction of sp³-hybridized carbons (Fsp3) is 0.200. The van der Waals surface area contributed by atoms with E-state index < -0.39 is 11.9 Å². The number of para-hydroxylation sites is 2. The van der Waals surface area contributed by atoms with E-state index in [-0.39, 0.29) is 77.0 Å². The largest absolute Gasteiger partial charge is 0.507 e. The maximum atomic E-state index is 10.2. The van der Waals surface area contributed by atoms with Gasteiger partial charge in [-0.3, -0.25) is 19.6 Å². The van der Waals surface area contributed by atoms with E-state index in [1.54, 1.807) is 48.5 Å². The van der Waals surface area contributed by atoms with Crippen molar-refractivity contribution >= 4 is 24.4 Å². The van der Waals surface area contributed by atoms with Crippen molar-refractivity contribution in [2.24, 2.45) is 9.98 Å². The van der Waals surface area contributed by atoms with Crippen molar-refractivity contribution in [3.8, 4) is 11.5 Å². The summed E-state index contributed by atoms with van der Waals surface area (Å²) in [4.78, 5) is 28.1. The predicted octanol–water partition coefficient (Wildman–Crippen LogP) is 1.74. The van der Waals surface area contributed by atoms with Crippen molar-refractivity contribution < 1.29 is 69.6 Å². The smallest absolute Gasteiger partial charge is 0.305 e. The number of hydrogen-bond acceptors (Lipinski definition) is 6. The molecule has 6 N–H and O–H groups in total. The molecule has 0 atom stereocenters. The van der Waals surface area contributed by atoms with Gasteiger partial charge >= 0.3 is 11.9 Å². The number of phenols is 2. The first-order valence-corrected chi connectivity index (χ1v) is 8.39. The zero-order valence-electron chi connectivity index (χ0n) is 16.2. The van der Waals surface area contributed by atoms with Crippen LogP contribution in [0, 0.1) is 0 Å². The van der Waals surface area contributed by atoms with Crippen molar-refractivity contribution in [3.05, 3.63) is 59.7 Å². The predicted molar refractivity (Wildman–Crippen MR) is 109 cm³/mol. The molecule has 2 aromatic carbocycles. The second kappa shape index (κ2) is 19.3.